The predicted octanol–water partition coefficient (Wildman–Crippen LogP) is 3.55. The standard InChI is InChI=1S/C22H21N3O2S/c1-3-20(26)25-9-10-28-22(25)18-11-15(2)7-8-19(18)24(21(22)27)14-17-6-4-5-16(12-17)13-23/h4-8,11-12H,3,9-10,14H2,1-2H3/t22-/m0/s1. The third kappa shape index (κ3) is 2.70. The summed E-state index contributed by atoms with van der Waals surface area (Å²) in [6.07, 6.45) is 0.376. The van der Waals surface area contributed by atoms with Gasteiger partial charge in [-0.3, -0.25) is 9.59 Å². The number of carbonyl (C=O) groups is 2. The van der Waals surface area contributed by atoms with Gasteiger partial charge in [-0.05, 0) is 30.7 Å². The van der Waals surface area contributed by atoms with Crippen molar-refractivity contribution in [2.45, 2.75) is 31.7 Å². The number of carbonyl (C=O) groups excluding carboxylic acids is 2. The summed E-state index contributed by atoms with van der Waals surface area (Å²) in [5, 5.41) is 9.18. The Balaban J connectivity index is 1.81. The zero-order valence-corrected chi connectivity index (χ0v) is 16.8. The minimum absolute atomic E-state index is 0.000802. The minimum atomic E-state index is -0.971. The summed E-state index contributed by atoms with van der Waals surface area (Å²) in [6, 6.07) is 15.5. The van der Waals surface area contributed by atoms with Crippen molar-refractivity contribution in [1.29, 1.82) is 5.26 Å². The third-order valence-electron chi connectivity index (χ3n) is 5.35. The van der Waals surface area contributed by atoms with Crippen molar-refractivity contribution in [3.8, 4) is 6.07 Å². The predicted molar refractivity (Wildman–Crippen MR) is 110 cm³/mol. The summed E-state index contributed by atoms with van der Waals surface area (Å²) < 4.78 is 0. The molecule has 0 aromatic heterocycles. The number of nitriles is 1. The minimum Gasteiger partial charge on any atom is -0.315 e. The number of hydrogen-bond acceptors (Lipinski definition) is 4. The number of hydrogen-bond donors (Lipinski definition) is 0. The molecule has 1 fully saturated rings. The van der Waals surface area contributed by atoms with Crippen LogP contribution in [0.25, 0.3) is 0 Å². The van der Waals surface area contributed by atoms with E-state index >= 15 is 0 Å². The SMILES string of the molecule is CCC(=O)N1CCS[C@@]12C(=O)N(Cc1cccc(C#N)c1)c1ccc(C)cc12. The fourth-order valence-corrected chi connectivity index (χ4v) is 5.53. The van der Waals surface area contributed by atoms with E-state index in [2.05, 4.69) is 6.07 Å². The van der Waals surface area contributed by atoms with Crippen molar-refractivity contribution in [2.24, 2.45) is 0 Å². The highest BCUT2D eigenvalue weighted by Gasteiger charge is 2.59. The van der Waals surface area contributed by atoms with E-state index in [0.29, 0.717) is 25.1 Å². The van der Waals surface area contributed by atoms with E-state index in [1.165, 1.54) is 0 Å². The lowest BCUT2D eigenvalue weighted by atomic mass is 10.0. The molecule has 0 radical (unpaired) electrons. The number of fused-ring (bicyclic) bond motifs is 2. The molecule has 2 aromatic carbocycles. The van der Waals surface area contributed by atoms with Crippen LogP contribution in [0, 0.1) is 18.3 Å². The van der Waals surface area contributed by atoms with E-state index in [0.717, 1.165) is 28.1 Å². The summed E-state index contributed by atoms with van der Waals surface area (Å²) >= 11 is 1.55. The number of benzene rings is 2. The highest BCUT2D eigenvalue weighted by molar-refractivity contribution is 8.01. The molecule has 1 saturated heterocycles. The first-order chi connectivity index (χ1) is 13.5. The van der Waals surface area contributed by atoms with Crippen molar-refractivity contribution in [3.05, 3.63) is 64.7 Å². The summed E-state index contributed by atoms with van der Waals surface area (Å²) in [7, 11) is 0. The quantitative estimate of drug-likeness (QED) is 0.803. The molecule has 142 valence electrons. The Kier molecular flexibility index (Phi) is 4.64. The van der Waals surface area contributed by atoms with E-state index in [1.807, 2.05) is 50.2 Å². The molecule has 0 aliphatic carbocycles. The smallest absolute Gasteiger partial charge is 0.268 e. The zero-order valence-electron chi connectivity index (χ0n) is 15.9. The van der Waals surface area contributed by atoms with Gasteiger partial charge in [-0.25, -0.2) is 0 Å². The number of anilines is 1. The van der Waals surface area contributed by atoms with Crippen molar-refractivity contribution >= 4 is 29.3 Å². The largest absolute Gasteiger partial charge is 0.315 e. The van der Waals surface area contributed by atoms with Crippen LogP contribution in [0.2, 0.25) is 0 Å². The molecule has 28 heavy (non-hydrogen) atoms. The number of thioether (sulfide) groups is 1. The molecule has 2 heterocycles. The number of nitrogens with zero attached hydrogens (tertiary/aromatic N) is 3. The van der Waals surface area contributed by atoms with Gasteiger partial charge in [0.05, 0.1) is 23.9 Å². The summed E-state index contributed by atoms with van der Waals surface area (Å²) in [4.78, 5) is 28.9. The maximum Gasteiger partial charge on any atom is 0.268 e. The summed E-state index contributed by atoms with van der Waals surface area (Å²) in [5.74, 6) is 0.668. The first-order valence-electron chi connectivity index (χ1n) is 9.38. The van der Waals surface area contributed by atoms with Gasteiger partial charge in [0.15, 0.2) is 4.87 Å². The van der Waals surface area contributed by atoms with Crippen LogP contribution in [-0.4, -0.2) is 29.0 Å². The third-order valence-corrected chi connectivity index (χ3v) is 6.77. The fraction of sp³-hybridized carbons (Fsp3) is 0.318. The number of rotatable bonds is 3. The molecule has 1 spiro atoms. The lowest BCUT2D eigenvalue weighted by Crippen LogP contribution is -2.50. The molecule has 1 atom stereocenters. The van der Waals surface area contributed by atoms with Crippen LogP contribution in [0.15, 0.2) is 42.5 Å². The average Bonchev–Trinajstić information content (AvgIpc) is 3.25. The second-order valence-corrected chi connectivity index (χ2v) is 8.40. The van der Waals surface area contributed by atoms with Crippen molar-refractivity contribution in [2.75, 3.05) is 17.2 Å². The molecule has 6 heteroatoms. The summed E-state index contributed by atoms with van der Waals surface area (Å²) in [6.45, 7) is 4.79. The van der Waals surface area contributed by atoms with E-state index in [1.54, 1.807) is 27.6 Å². The first-order valence-corrected chi connectivity index (χ1v) is 10.4. The highest BCUT2D eigenvalue weighted by atomic mass is 32.2. The Hall–Kier alpha value is -2.78. The van der Waals surface area contributed by atoms with Crippen LogP contribution < -0.4 is 4.90 Å². The van der Waals surface area contributed by atoms with E-state index in [4.69, 9.17) is 0 Å². The van der Waals surface area contributed by atoms with Gasteiger partial charge < -0.3 is 9.80 Å². The van der Waals surface area contributed by atoms with Crippen LogP contribution in [-0.2, 0) is 21.0 Å². The van der Waals surface area contributed by atoms with Gasteiger partial charge in [0.2, 0.25) is 5.91 Å². The summed E-state index contributed by atoms with van der Waals surface area (Å²) in [5.41, 5.74) is 4.28. The molecule has 2 amide bonds. The lowest BCUT2D eigenvalue weighted by Gasteiger charge is -2.33. The Morgan fingerprint density at radius 2 is 2.11 bits per heavy atom. The van der Waals surface area contributed by atoms with Crippen LogP contribution in [0.1, 0.15) is 35.6 Å². The normalized spacial score (nSPS) is 20.5. The Labute approximate surface area is 168 Å². The van der Waals surface area contributed by atoms with E-state index in [-0.39, 0.29) is 11.8 Å². The molecule has 2 aromatic rings. The molecular weight excluding hydrogens is 370 g/mol. The van der Waals surface area contributed by atoms with E-state index in [9.17, 15) is 14.9 Å². The molecule has 5 nitrogen and oxygen atoms in total. The molecule has 2 aliphatic rings. The number of aryl methyl sites for hydroxylation is 1. The van der Waals surface area contributed by atoms with Crippen molar-refractivity contribution < 1.29 is 9.59 Å². The second kappa shape index (κ2) is 6.99. The van der Waals surface area contributed by atoms with Crippen molar-refractivity contribution in [1.82, 2.24) is 4.90 Å². The average molecular weight is 391 g/mol. The van der Waals surface area contributed by atoms with E-state index < -0.39 is 4.87 Å². The van der Waals surface area contributed by atoms with Crippen LogP contribution in [0.5, 0.6) is 0 Å². The van der Waals surface area contributed by atoms with Gasteiger partial charge >= 0.3 is 0 Å². The fourth-order valence-electron chi connectivity index (χ4n) is 4.05. The van der Waals surface area contributed by atoms with Crippen LogP contribution in [0.4, 0.5) is 5.69 Å². The maximum absolute atomic E-state index is 13.7. The molecule has 0 N–H and O–H groups in total. The first kappa shape index (κ1) is 18.6. The molecule has 0 saturated carbocycles. The molecular formula is C22H21N3O2S. The van der Waals surface area contributed by atoms with Crippen LogP contribution >= 0.6 is 11.8 Å². The van der Waals surface area contributed by atoms with Gasteiger partial charge in [-0.1, -0.05) is 36.8 Å². The lowest BCUT2D eigenvalue weighted by molar-refractivity contribution is -0.139. The molecule has 2 aliphatic heterocycles. The molecule has 0 unspecified atom stereocenters. The monoisotopic (exact) mass is 391 g/mol. The second-order valence-electron chi connectivity index (χ2n) is 7.12. The van der Waals surface area contributed by atoms with Gasteiger partial charge in [0.25, 0.3) is 5.91 Å². The van der Waals surface area contributed by atoms with Crippen LogP contribution in [0.3, 0.4) is 0 Å². The molecule has 4 rings (SSSR count). The van der Waals surface area contributed by atoms with Gasteiger partial charge in [0, 0.05) is 24.3 Å². The zero-order chi connectivity index (χ0) is 19.9. The Morgan fingerprint density at radius 3 is 2.86 bits per heavy atom. The Bertz CT molecular complexity index is 1010. The topological polar surface area (TPSA) is 64.4 Å². The van der Waals surface area contributed by atoms with Crippen molar-refractivity contribution in [3.63, 3.8) is 0 Å². The highest BCUT2D eigenvalue weighted by Crippen LogP contribution is 2.54. The van der Waals surface area contributed by atoms with Gasteiger partial charge in [-0.2, -0.15) is 5.26 Å². The van der Waals surface area contributed by atoms with Gasteiger partial charge in [-0.15, -0.1) is 11.8 Å². The Morgan fingerprint density at radius 1 is 1.29 bits per heavy atom. The maximum atomic E-state index is 13.7. The van der Waals surface area contributed by atoms with Gasteiger partial charge in [0.1, 0.15) is 0 Å². The number of amides is 2. The molecule has 0 bridgehead atoms.